The maximum absolute atomic E-state index is 13.4. The quantitative estimate of drug-likeness (QED) is 0.676. The first-order valence-corrected chi connectivity index (χ1v) is 13.1. The number of sulfonamides is 1. The Morgan fingerprint density at radius 1 is 1.15 bits per heavy atom. The van der Waals surface area contributed by atoms with Crippen molar-refractivity contribution in [1.29, 1.82) is 0 Å². The number of benzene rings is 2. The van der Waals surface area contributed by atoms with Crippen molar-refractivity contribution in [1.82, 2.24) is 4.31 Å². The number of fused-ring (bicyclic) bond motifs is 1. The number of piperidine rings is 1. The molecule has 0 saturated carbocycles. The van der Waals surface area contributed by atoms with Gasteiger partial charge in [0.25, 0.3) is 0 Å². The van der Waals surface area contributed by atoms with Gasteiger partial charge in [0.05, 0.1) is 17.4 Å². The van der Waals surface area contributed by atoms with Crippen LogP contribution in [0.5, 0.6) is 5.75 Å². The highest BCUT2D eigenvalue weighted by molar-refractivity contribution is 7.89. The zero-order valence-corrected chi connectivity index (χ0v) is 20.6. The van der Waals surface area contributed by atoms with Gasteiger partial charge in [0.2, 0.25) is 21.8 Å². The van der Waals surface area contributed by atoms with Crippen molar-refractivity contribution in [3.05, 3.63) is 48.0 Å². The average molecular weight is 486 g/mol. The van der Waals surface area contributed by atoms with Gasteiger partial charge in [0, 0.05) is 37.4 Å². The monoisotopic (exact) mass is 485 g/mol. The number of carbonyl (C=O) groups is 2. The normalized spacial score (nSPS) is 20.6. The molecule has 8 nitrogen and oxygen atoms in total. The summed E-state index contributed by atoms with van der Waals surface area (Å²) in [5, 5.41) is 2.89. The lowest BCUT2D eigenvalue weighted by Crippen LogP contribution is -2.43. The number of hydrogen-bond donors (Lipinski definition) is 1. The number of ether oxygens (including phenoxy) is 1. The van der Waals surface area contributed by atoms with Crippen LogP contribution in [0.4, 0.5) is 11.4 Å². The number of anilines is 2. The fourth-order valence-electron chi connectivity index (χ4n) is 4.82. The molecule has 1 saturated heterocycles. The number of rotatable bonds is 6. The molecule has 0 bridgehead atoms. The second-order valence-corrected chi connectivity index (χ2v) is 10.8. The molecule has 1 fully saturated rings. The summed E-state index contributed by atoms with van der Waals surface area (Å²) in [6, 6.07) is 12.1. The van der Waals surface area contributed by atoms with E-state index in [4.69, 9.17) is 4.74 Å². The second-order valence-electron chi connectivity index (χ2n) is 8.88. The van der Waals surface area contributed by atoms with Gasteiger partial charge in [0.1, 0.15) is 5.75 Å². The molecular formula is C25H31N3O5S. The molecule has 2 aromatic carbocycles. The van der Waals surface area contributed by atoms with E-state index in [0.717, 1.165) is 17.0 Å². The Kier molecular flexibility index (Phi) is 6.95. The Balaban J connectivity index is 1.46. The van der Waals surface area contributed by atoms with Gasteiger partial charge >= 0.3 is 0 Å². The predicted octanol–water partition coefficient (Wildman–Crippen LogP) is 3.42. The van der Waals surface area contributed by atoms with Crippen LogP contribution in [0, 0.1) is 5.92 Å². The van der Waals surface area contributed by atoms with Crippen LogP contribution in [0.15, 0.2) is 47.4 Å². The third kappa shape index (κ3) is 4.81. The number of carbonyl (C=O) groups excluding carboxylic acids is 2. The van der Waals surface area contributed by atoms with E-state index in [2.05, 4.69) is 5.32 Å². The fraction of sp³-hybridized carbons (Fsp3) is 0.440. The largest absolute Gasteiger partial charge is 0.494 e. The molecule has 2 aliphatic rings. The van der Waals surface area contributed by atoms with Crippen LogP contribution in [-0.2, 0) is 26.0 Å². The standard InChI is InChI=1S/C25H31N3O5S/c1-4-33-22-9-7-21(8-10-22)26-25(30)19-6-5-13-27(16-19)34(31,32)23-11-12-24-20(15-23)14-17(2)28(24)18(3)29/h7-12,15,17,19H,4-6,13-14,16H2,1-3H3,(H,26,30)/t17-,19+/m1/s1. The molecule has 2 atom stereocenters. The molecule has 0 aromatic heterocycles. The minimum atomic E-state index is -3.76. The maximum Gasteiger partial charge on any atom is 0.243 e. The van der Waals surface area contributed by atoms with Crippen LogP contribution in [0.3, 0.4) is 0 Å². The highest BCUT2D eigenvalue weighted by Gasteiger charge is 2.35. The smallest absolute Gasteiger partial charge is 0.243 e. The molecule has 0 radical (unpaired) electrons. The predicted molar refractivity (Wildman–Crippen MR) is 130 cm³/mol. The number of nitrogens with one attached hydrogen (secondary N) is 1. The highest BCUT2D eigenvalue weighted by Crippen LogP contribution is 2.35. The molecule has 2 aliphatic heterocycles. The van der Waals surface area contributed by atoms with Gasteiger partial charge in [0.15, 0.2) is 0 Å². The molecule has 1 N–H and O–H groups in total. The van der Waals surface area contributed by atoms with Crippen LogP contribution < -0.4 is 15.0 Å². The first kappa shape index (κ1) is 24.2. The molecular weight excluding hydrogens is 454 g/mol. The van der Waals surface area contributed by atoms with Crippen LogP contribution in [0.1, 0.15) is 39.2 Å². The van der Waals surface area contributed by atoms with E-state index < -0.39 is 15.9 Å². The van der Waals surface area contributed by atoms with Crippen molar-refractivity contribution >= 4 is 33.2 Å². The van der Waals surface area contributed by atoms with Gasteiger partial charge in [-0.3, -0.25) is 9.59 Å². The summed E-state index contributed by atoms with van der Waals surface area (Å²) in [7, 11) is -3.76. The van der Waals surface area contributed by atoms with Crippen LogP contribution in [-0.4, -0.2) is 50.3 Å². The molecule has 34 heavy (non-hydrogen) atoms. The van der Waals surface area contributed by atoms with E-state index in [-0.39, 0.29) is 29.3 Å². The van der Waals surface area contributed by atoms with Gasteiger partial charge in [-0.1, -0.05) is 0 Å². The Labute approximate surface area is 200 Å². The molecule has 182 valence electrons. The highest BCUT2D eigenvalue weighted by atomic mass is 32.2. The van der Waals surface area contributed by atoms with E-state index in [1.54, 1.807) is 47.4 Å². The number of amides is 2. The van der Waals surface area contributed by atoms with E-state index in [0.29, 0.717) is 38.1 Å². The second kappa shape index (κ2) is 9.76. The minimum Gasteiger partial charge on any atom is -0.494 e. The molecule has 2 heterocycles. The first-order chi connectivity index (χ1) is 16.2. The molecule has 0 aliphatic carbocycles. The topological polar surface area (TPSA) is 96.0 Å². The van der Waals surface area contributed by atoms with Crippen molar-refractivity contribution in [2.45, 2.75) is 51.0 Å². The fourth-order valence-corrected chi connectivity index (χ4v) is 6.39. The Hall–Kier alpha value is -2.91. The summed E-state index contributed by atoms with van der Waals surface area (Å²) in [4.78, 5) is 26.8. The van der Waals surface area contributed by atoms with Crippen molar-refractivity contribution in [3.8, 4) is 5.75 Å². The summed E-state index contributed by atoms with van der Waals surface area (Å²) < 4.78 is 33.6. The first-order valence-electron chi connectivity index (χ1n) is 11.7. The van der Waals surface area contributed by atoms with Gasteiger partial charge in [-0.15, -0.1) is 0 Å². The lowest BCUT2D eigenvalue weighted by Gasteiger charge is -2.31. The van der Waals surface area contributed by atoms with E-state index in [9.17, 15) is 18.0 Å². The molecule has 2 aromatic rings. The van der Waals surface area contributed by atoms with Gasteiger partial charge in [-0.05, 0) is 81.1 Å². The summed E-state index contributed by atoms with van der Waals surface area (Å²) in [6.07, 6.45) is 1.86. The summed E-state index contributed by atoms with van der Waals surface area (Å²) in [5.41, 5.74) is 2.27. The van der Waals surface area contributed by atoms with Crippen LogP contribution >= 0.6 is 0 Å². The third-order valence-corrected chi connectivity index (χ3v) is 8.29. The number of hydrogen-bond acceptors (Lipinski definition) is 5. The molecule has 0 unspecified atom stereocenters. The van der Waals surface area contributed by atoms with Crippen LogP contribution in [0.25, 0.3) is 0 Å². The Bertz CT molecular complexity index is 1180. The SMILES string of the molecule is CCOc1ccc(NC(=O)[C@H]2CCCN(S(=O)(=O)c3ccc4c(c3)C[C@@H](C)N4C(C)=O)C2)cc1. The van der Waals surface area contributed by atoms with Gasteiger partial charge < -0.3 is 15.0 Å². The zero-order valence-electron chi connectivity index (χ0n) is 19.8. The van der Waals surface area contributed by atoms with Crippen molar-refractivity contribution in [3.63, 3.8) is 0 Å². The molecule has 4 rings (SSSR count). The summed E-state index contributed by atoms with van der Waals surface area (Å²) >= 11 is 0. The lowest BCUT2D eigenvalue weighted by atomic mass is 9.99. The Morgan fingerprint density at radius 2 is 1.88 bits per heavy atom. The lowest BCUT2D eigenvalue weighted by molar-refractivity contribution is -0.121. The molecule has 2 amide bonds. The van der Waals surface area contributed by atoms with E-state index in [1.807, 2.05) is 13.8 Å². The molecule has 0 spiro atoms. The van der Waals surface area contributed by atoms with Crippen LogP contribution in [0.2, 0.25) is 0 Å². The minimum absolute atomic E-state index is 0.00359. The summed E-state index contributed by atoms with van der Waals surface area (Å²) in [6.45, 7) is 6.45. The van der Waals surface area contributed by atoms with E-state index >= 15 is 0 Å². The maximum atomic E-state index is 13.4. The van der Waals surface area contributed by atoms with Crippen molar-refractivity contribution < 1.29 is 22.7 Å². The Morgan fingerprint density at radius 3 is 2.56 bits per heavy atom. The van der Waals surface area contributed by atoms with Crippen molar-refractivity contribution in [2.24, 2.45) is 5.92 Å². The van der Waals surface area contributed by atoms with Crippen molar-refractivity contribution in [2.75, 3.05) is 29.9 Å². The number of nitrogens with zero attached hydrogens (tertiary/aromatic N) is 2. The van der Waals surface area contributed by atoms with Gasteiger partial charge in [-0.25, -0.2) is 8.42 Å². The van der Waals surface area contributed by atoms with E-state index in [1.165, 1.54) is 11.2 Å². The summed E-state index contributed by atoms with van der Waals surface area (Å²) in [5.74, 6) is 0.0477. The molecule has 9 heteroatoms. The zero-order chi connectivity index (χ0) is 24.5. The van der Waals surface area contributed by atoms with Gasteiger partial charge in [-0.2, -0.15) is 4.31 Å². The third-order valence-electron chi connectivity index (χ3n) is 6.43. The average Bonchev–Trinajstić information content (AvgIpc) is 3.15.